The summed E-state index contributed by atoms with van der Waals surface area (Å²) in [6.45, 7) is 3.83. The zero-order valence-corrected chi connectivity index (χ0v) is 13.1. The maximum absolute atomic E-state index is 12.4. The van der Waals surface area contributed by atoms with Gasteiger partial charge in [0.15, 0.2) is 0 Å². The van der Waals surface area contributed by atoms with E-state index in [1.54, 1.807) is 12.1 Å². The molecule has 1 N–H and O–H groups in total. The molecule has 1 fully saturated rings. The number of nitrogens with one attached hydrogen (secondary N) is 1. The van der Waals surface area contributed by atoms with E-state index in [1.165, 1.54) is 0 Å². The maximum atomic E-state index is 12.4. The molecule has 2 amide bonds. The number of likely N-dealkylation sites (tertiary alicyclic amines) is 1. The standard InChI is InChI=1S/C18H21N3O2/c1-2-13-23-17-7-5-15(6-8-17)19-18(22)21-12-9-16(14-21)20-10-3-4-11-20/h1,3-8,16H,9-14H2,(H,19,22). The number of urea groups is 1. The van der Waals surface area contributed by atoms with Gasteiger partial charge >= 0.3 is 6.03 Å². The zero-order valence-electron chi connectivity index (χ0n) is 13.1. The predicted molar refractivity (Wildman–Crippen MR) is 90.5 cm³/mol. The van der Waals surface area contributed by atoms with Crippen molar-refractivity contribution in [3.63, 3.8) is 0 Å². The van der Waals surface area contributed by atoms with Crippen LogP contribution in [0.25, 0.3) is 0 Å². The van der Waals surface area contributed by atoms with Crippen LogP contribution in [-0.4, -0.2) is 54.7 Å². The van der Waals surface area contributed by atoms with Crippen molar-refractivity contribution < 1.29 is 9.53 Å². The second kappa shape index (κ2) is 7.21. The third-order valence-electron chi connectivity index (χ3n) is 4.24. The van der Waals surface area contributed by atoms with E-state index in [1.807, 2.05) is 17.0 Å². The van der Waals surface area contributed by atoms with Crippen LogP contribution in [0.3, 0.4) is 0 Å². The highest BCUT2D eigenvalue weighted by molar-refractivity contribution is 5.89. The Morgan fingerprint density at radius 1 is 1.30 bits per heavy atom. The highest BCUT2D eigenvalue weighted by Crippen LogP contribution is 2.20. The van der Waals surface area contributed by atoms with E-state index >= 15 is 0 Å². The number of nitrogens with zero attached hydrogens (tertiary/aromatic N) is 2. The quantitative estimate of drug-likeness (QED) is 0.685. The van der Waals surface area contributed by atoms with Crippen LogP contribution in [0.4, 0.5) is 10.5 Å². The molecule has 1 atom stereocenters. The molecule has 23 heavy (non-hydrogen) atoms. The predicted octanol–water partition coefficient (Wildman–Crippen LogP) is 2.18. The molecule has 2 aliphatic rings. The van der Waals surface area contributed by atoms with Crippen LogP contribution < -0.4 is 10.1 Å². The summed E-state index contributed by atoms with van der Waals surface area (Å²) in [5.41, 5.74) is 0.759. The summed E-state index contributed by atoms with van der Waals surface area (Å²) in [6, 6.07) is 7.67. The number of ether oxygens (including phenoxy) is 1. The molecule has 2 aliphatic heterocycles. The van der Waals surface area contributed by atoms with Gasteiger partial charge in [0.1, 0.15) is 12.4 Å². The van der Waals surface area contributed by atoms with Gasteiger partial charge in [0, 0.05) is 37.9 Å². The number of hydrogen-bond donors (Lipinski definition) is 1. The minimum atomic E-state index is -0.0445. The molecule has 120 valence electrons. The first-order valence-corrected chi connectivity index (χ1v) is 7.87. The van der Waals surface area contributed by atoms with E-state index in [0.717, 1.165) is 38.3 Å². The van der Waals surface area contributed by atoms with E-state index < -0.39 is 0 Å². The third kappa shape index (κ3) is 3.85. The highest BCUT2D eigenvalue weighted by Gasteiger charge is 2.30. The van der Waals surface area contributed by atoms with Gasteiger partial charge in [-0.25, -0.2) is 4.79 Å². The molecular formula is C18H21N3O2. The Morgan fingerprint density at radius 3 is 2.74 bits per heavy atom. The number of anilines is 1. The first-order chi connectivity index (χ1) is 11.3. The molecule has 2 heterocycles. The van der Waals surface area contributed by atoms with Crippen LogP contribution in [0.5, 0.6) is 5.75 Å². The lowest BCUT2D eigenvalue weighted by atomic mass is 10.2. The molecule has 0 aliphatic carbocycles. The summed E-state index contributed by atoms with van der Waals surface area (Å²) in [5.74, 6) is 3.12. The van der Waals surface area contributed by atoms with Gasteiger partial charge in [-0.05, 0) is 30.7 Å². The maximum Gasteiger partial charge on any atom is 0.321 e. The molecule has 1 aromatic carbocycles. The molecule has 0 aromatic heterocycles. The minimum absolute atomic E-state index is 0.0445. The van der Waals surface area contributed by atoms with Crippen LogP contribution in [0.1, 0.15) is 6.42 Å². The topological polar surface area (TPSA) is 44.8 Å². The zero-order chi connectivity index (χ0) is 16.1. The van der Waals surface area contributed by atoms with E-state index in [2.05, 4.69) is 28.3 Å². The van der Waals surface area contributed by atoms with Crippen molar-refractivity contribution in [1.82, 2.24) is 9.80 Å². The highest BCUT2D eigenvalue weighted by atomic mass is 16.5. The fraction of sp³-hybridized carbons (Fsp3) is 0.389. The fourth-order valence-electron chi connectivity index (χ4n) is 2.98. The number of hydrogen-bond acceptors (Lipinski definition) is 3. The van der Waals surface area contributed by atoms with Crippen LogP contribution >= 0.6 is 0 Å². The molecular weight excluding hydrogens is 290 g/mol. The lowest BCUT2D eigenvalue weighted by molar-refractivity contribution is 0.212. The Balaban J connectivity index is 1.50. The molecule has 5 heteroatoms. The first-order valence-electron chi connectivity index (χ1n) is 7.87. The van der Waals surface area contributed by atoms with Gasteiger partial charge in [0.2, 0.25) is 0 Å². The molecule has 5 nitrogen and oxygen atoms in total. The van der Waals surface area contributed by atoms with Crippen molar-refractivity contribution in [2.24, 2.45) is 0 Å². The van der Waals surface area contributed by atoms with Gasteiger partial charge in [-0.2, -0.15) is 0 Å². The number of amides is 2. The van der Waals surface area contributed by atoms with Gasteiger partial charge in [-0.3, -0.25) is 4.90 Å². The number of benzene rings is 1. The summed E-state index contributed by atoms with van der Waals surface area (Å²) in [6.07, 6.45) is 10.6. The van der Waals surface area contributed by atoms with Crippen molar-refractivity contribution in [3.8, 4) is 18.1 Å². The lowest BCUT2D eigenvalue weighted by Gasteiger charge is -2.23. The molecule has 0 bridgehead atoms. The lowest BCUT2D eigenvalue weighted by Crippen LogP contribution is -2.38. The number of carbonyl (C=O) groups is 1. The molecule has 0 saturated carbocycles. The van der Waals surface area contributed by atoms with E-state index in [9.17, 15) is 4.79 Å². The van der Waals surface area contributed by atoms with Crippen molar-refractivity contribution >= 4 is 11.7 Å². The van der Waals surface area contributed by atoms with Gasteiger partial charge in [-0.1, -0.05) is 18.1 Å². The Bertz CT molecular complexity index is 610. The first kappa shape index (κ1) is 15.4. The fourth-order valence-corrected chi connectivity index (χ4v) is 2.98. The smallest absolute Gasteiger partial charge is 0.321 e. The van der Waals surface area contributed by atoms with Gasteiger partial charge < -0.3 is 15.0 Å². The van der Waals surface area contributed by atoms with Crippen LogP contribution in [0.2, 0.25) is 0 Å². The summed E-state index contributed by atoms with van der Waals surface area (Å²) >= 11 is 0. The Morgan fingerprint density at radius 2 is 2.04 bits per heavy atom. The minimum Gasteiger partial charge on any atom is -0.481 e. The average molecular weight is 311 g/mol. The molecule has 0 spiro atoms. The van der Waals surface area contributed by atoms with Crippen molar-refractivity contribution in [1.29, 1.82) is 0 Å². The number of terminal acetylenes is 1. The summed E-state index contributed by atoms with van der Waals surface area (Å²) in [4.78, 5) is 16.6. The summed E-state index contributed by atoms with van der Waals surface area (Å²) in [5, 5.41) is 2.94. The molecule has 1 aromatic rings. The molecule has 3 rings (SSSR count). The van der Waals surface area contributed by atoms with Crippen molar-refractivity contribution in [2.45, 2.75) is 12.5 Å². The van der Waals surface area contributed by atoms with Gasteiger partial charge in [-0.15, -0.1) is 6.42 Å². The molecule has 1 unspecified atom stereocenters. The second-order valence-electron chi connectivity index (χ2n) is 5.76. The summed E-state index contributed by atoms with van der Waals surface area (Å²) in [7, 11) is 0. The van der Waals surface area contributed by atoms with E-state index in [0.29, 0.717) is 11.8 Å². The Labute approximate surface area is 136 Å². The van der Waals surface area contributed by atoms with Crippen LogP contribution in [0.15, 0.2) is 36.4 Å². The Hall–Kier alpha value is -2.45. The van der Waals surface area contributed by atoms with E-state index in [4.69, 9.17) is 11.2 Å². The van der Waals surface area contributed by atoms with Crippen LogP contribution in [-0.2, 0) is 0 Å². The largest absolute Gasteiger partial charge is 0.481 e. The van der Waals surface area contributed by atoms with Gasteiger partial charge in [0.05, 0.1) is 0 Å². The summed E-state index contributed by atoms with van der Waals surface area (Å²) < 4.78 is 5.32. The van der Waals surface area contributed by atoms with Crippen molar-refractivity contribution in [2.75, 3.05) is 38.1 Å². The second-order valence-corrected chi connectivity index (χ2v) is 5.76. The van der Waals surface area contributed by atoms with Gasteiger partial charge in [0.25, 0.3) is 0 Å². The third-order valence-corrected chi connectivity index (χ3v) is 4.24. The number of rotatable bonds is 4. The SMILES string of the molecule is C#CCOc1ccc(NC(=O)N2CCC(N3CC=CC3)C2)cc1. The van der Waals surface area contributed by atoms with E-state index in [-0.39, 0.29) is 12.6 Å². The Kier molecular flexibility index (Phi) is 4.84. The van der Waals surface area contributed by atoms with Crippen molar-refractivity contribution in [3.05, 3.63) is 36.4 Å². The average Bonchev–Trinajstić information content (AvgIpc) is 3.25. The van der Waals surface area contributed by atoms with Crippen LogP contribution in [0, 0.1) is 12.3 Å². The molecule has 0 radical (unpaired) electrons. The number of carbonyl (C=O) groups excluding carboxylic acids is 1. The monoisotopic (exact) mass is 311 g/mol. The normalized spacial score (nSPS) is 20.5. The molecule has 1 saturated heterocycles.